The summed E-state index contributed by atoms with van der Waals surface area (Å²) in [6.45, 7) is 10.8. The molecule has 1 aliphatic carbocycles. The average molecular weight is 671 g/mol. The number of nitrogens with one attached hydrogen (secondary N) is 2. The van der Waals surface area contributed by atoms with E-state index in [9.17, 15) is 40.6 Å². The van der Waals surface area contributed by atoms with Crippen LogP contribution in [0.25, 0.3) is 33.4 Å². The number of ketones is 1. The molecule has 14 heteroatoms. The molecule has 0 saturated heterocycles. The number of carboxylic acid groups (broad SMARTS) is 1. The lowest BCUT2D eigenvalue weighted by Gasteiger charge is -2.38. The SMILES string of the molecule is CC1CC(C)(C)Nc2c1cc1c(-c3cc(CC(=O)C(C)(C)C)ccc3C(=O)O)c3ccc(=N)c(S(=O)(=O)O)c-3oc1c2S(=O)(=O)O. The molecular formula is C32H34N2O10S2. The lowest BCUT2D eigenvalue weighted by molar-refractivity contribution is -0.125. The number of hydrogen-bond donors (Lipinski definition) is 5. The van der Waals surface area contributed by atoms with Crippen molar-refractivity contribution >= 4 is 48.6 Å². The Morgan fingerprint density at radius 2 is 1.63 bits per heavy atom. The third-order valence-corrected chi connectivity index (χ3v) is 10.1. The Kier molecular flexibility index (Phi) is 7.75. The molecule has 0 saturated carbocycles. The van der Waals surface area contributed by atoms with Gasteiger partial charge in [-0.3, -0.25) is 19.3 Å². The summed E-state index contributed by atoms with van der Waals surface area (Å²) < 4.78 is 78.2. The molecule has 5 rings (SSSR count). The molecule has 46 heavy (non-hydrogen) atoms. The average Bonchev–Trinajstić information content (AvgIpc) is 2.88. The van der Waals surface area contributed by atoms with Gasteiger partial charge >= 0.3 is 5.97 Å². The second-order valence-corrected chi connectivity index (χ2v) is 16.2. The number of aromatic carboxylic acids is 1. The second kappa shape index (κ2) is 10.7. The van der Waals surface area contributed by atoms with Crippen molar-refractivity contribution in [3.05, 3.63) is 58.4 Å². The van der Waals surface area contributed by atoms with E-state index >= 15 is 0 Å². The predicted octanol–water partition coefficient (Wildman–Crippen LogP) is 5.73. The number of carbonyl (C=O) groups is 2. The molecule has 2 heterocycles. The molecule has 1 unspecified atom stereocenters. The first kappa shape index (κ1) is 33.3. The van der Waals surface area contributed by atoms with Gasteiger partial charge in [-0.05, 0) is 73.2 Å². The molecule has 0 aromatic heterocycles. The number of Topliss-reactive ketones (excluding diaryl/α,β-unsaturated/α-hetero) is 1. The van der Waals surface area contributed by atoms with Crippen molar-refractivity contribution in [2.45, 2.75) is 75.6 Å². The maximum absolute atomic E-state index is 13.1. The summed E-state index contributed by atoms with van der Waals surface area (Å²) in [5.74, 6) is -2.41. The van der Waals surface area contributed by atoms with Crippen molar-refractivity contribution in [3.8, 4) is 22.5 Å². The molecular weight excluding hydrogens is 636 g/mol. The minimum atomic E-state index is -5.16. The first-order valence-electron chi connectivity index (χ1n) is 14.3. The second-order valence-electron chi connectivity index (χ2n) is 13.4. The number of anilines is 1. The van der Waals surface area contributed by atoms with Crippen molar-refractivity contribution in [2.75, 3.05) is 5.32 Å². The van der Waals surface area contributed by atoms with E-state index in [2.05, 4.69) is 5.32 Å². The van der Waals surface area contributed by atoms with Gasteiger partial charge in [0.15, 0.2) is 21.1 Å². The van der Waals surface area contributed by atoms with E-state index < -0.39 is 63.7 Å². The van der Waals surface area contributed by atoms with E-state index in [0.29, 0.717) is 17.5 Å². The molecule has 0 amide bonds. The Balaban J connectivity index is 2.07. The molecule has 0 radical (unpaired) electrons. The van der Waals surface area contributed by atoms with Crippen LogP contribution in [0.1, 0.15) is 75.4 Å². The summed E-state index contributed by atoms with van der Waals surface area (Å²) in [4.78, 5) is 23.9. The van der Waals surface area contributed by atoms with Gasteiger partial charge in [-0.2, -0.15) is 16.8 Å². The zero-order chi connectivity index (χ0) is 34.3. The van der Waals surface area contributed by atoms with Gasteiger partial charge in [0.2, 0.25) is 0 Å². The van der Waals surface area contributed by atoms with Crippen LogP contribution in [0, 0.1) is 10.8 Å². The van der Waals surface area contributed by atoms with Crippen LogP contribution >= 0.6 is 0 Å². The van der Waals surface area contributed by atoms with Crippen molar-refractivity contribution in [1.82, 2.24) is 0 Å². The first-order chi connectivity index (χ1) is 21.0. The van der Waals surface area contributed by atoms with E-state index in [1.165, 1.54) is 24.3 Å². The lowest BCUT2D eigenvalue weighted by atomic mass is 9.80. The fourth-order valence-electron chi connectivity index (χ4n) is 6.18. The number of hydrogen-bond acceptors (Lipinski definition) is 9. The molecule has 1 atom stereocenters. The molecule has 244 valence electrons. The normalized spacial score (nSPS) is 16.7. The highest BCUT2D eigenvalue weighted by Crippen LogP contribution is 2.50. The lowest BCUT2D eigenvalue weighted by Crippen LogP contribution is -2.37. The third kappa shape index (κ3) is 5.81. The molecule has 12 nitrogen and oxygen atoms in total. The largest absolute Gasteiger partial charge is 0.478 e. The summed E-state index contributed by atoms with van der Waals surface area (Å²) >= 11 is 0. The van der Waals surface area contributed by atoms with Crippen LogP contribution in [0.2, 0.25) is 0 Å². The van der Waals surface area contributed by atoms with Crippen LogP contribution in [-0.4, -0.2) is 48.3 Å². The molecule has 0 bridgehead atoms. The Labute approximate surface area is 265 Å². The van der Waals surface area contributed by atoms with Crippen LogP contribution in [-0.2, 0) is 31.5 Å². The van der Waals surface area contributed by atoms with Crippen LogP contribution < -0.4 is 10.7 Å². The van der Waals surface area contributed by atoms with Crippen LogP contribution in [0.15, 0.2) is 50.6 Å². The molecule has 2 aromatic carbocycles. The smallest absolute Gasteiger partial charge is 0.336 e. The zero-order valence-corrected chi connectivity index (χ0v) is 27.6. The number of benzene rings is 3. The van der Waals surface area contributed by atoms with Gasteiger partial charge in [-0.1, -0.05) is 33.8 Å². The molecule has 0 fully saturated rings. The predicted molar refractivity (Wildman–Crippen MR) is 170 cm³/mol. The molecule has 2 aliphatic heterocycles. The molecule has 0 spiro atoms. The number of carbonyl (C=O) groups excluding carboxylic acids is 1. The van der Waals surface area contributed by atoms with Gasteiger partial charge in [0.1, 0.15) is 5.78 Å². The van der Waals surface area contributed by atoms with E-state index in [1.54, 1.807) is 26.8 Å². The van der Waals surface area contributed by atoms with Gasteiger partial charge in [0, 0.05) is 33.9 Å². The fourth-order valence-corrected chi connectivity index (χ4v) is 7.72. The summed E-state index contributed by atoms with van der Waals surface area (Å²) in [6.07, 6.45) is 0.481. The monoisotopic (exact) mass is 670 g/mol. The Morgan fingerprint density at radius 1 is 1.00 bits per heavy atom. The maximum atomic E-state index is 13.1. The topological polar surface area (TPSA) is 212 Å². The van der Waals surface area contributed by atoms with E-state index in [-0.39, 0.29) is 51.4 Å². The highest BCUT2D eigenvalue weighted by molar-refractivity contribution is 7.86. The van der Waals surface area contributed by atoms with Crippen molar-refractivity contribution in [3.63, 3.8) is 0 Å². The minimum Gasteiger partial charge on any atom is -0.478 e. The summed E-state index contributed by atoms with van der Waals surface area (Å²) in [5, 5.41) is 21.0. The number of fused-ring (bicyclic) bond motifs is 3. The number of carboxylic acids is 1. The summed E-state index contributed by atoms with van der Waals surface area (Å²) in [7, 11) is -10.3. The molecule has 3 aliphatic rings. The van der Waals surface area contributed by atoms with E-state index in [4.69, 9.17) is 9.83 Å². The maximum Gasteiger partial charge on any atom is 0.336 e. The van der Waals surface area contributed by atoms with Crippen LogP contribution in [0.4, 0.5) is 5.69 Å². The van der Waals surface area contributed by atoms with E-state index in [1.807, 2.05) is 20.8 Å². The van der Waals surface area contributed by atoms with Gasteiger partial charge in [0.25, 0.3) is 20.2 Å². The zero-order valence-electron chi connectivity index (χ0n) is 26.0. The minimum absolute atomic E-state index is 0.00508. The highest BCUT2D eigenvalue weighted by atomic mass is 32.2. The fraction of sp³-hybridized carbons (Fsp3) is 0.344. The van der Waals surface area contributed by atoms with Crippen LogP contribution in [0.3, 0.4) is 0 Å². The van der Waals surface area contributed by atoms with Crippen molar-refractivity contribution in [2.24, 2.45) is 5.41 Å². The van der Waals surface area contributed by atoms with Gasteiger partial charge in [0.05, 0.1) is 16.6 Å². The van der Waals surface area contributed by atoms with E-state index in [0.717, 1.165) is 6.07 Å². The Morgan fingerprint density at radius 3 is 2.20 bits per heavy atom. The number of rotatable bonds is 6. The van der Waals surface area contributed by atoms with Gasteiger partial charge in [-0.15, -0.1) is 0 Å². The Hall–Kier alpha value is -4.11. The molecule has 2 aromatic rings. The quantitative estimate of drug-likeness (QED) is 0.123. The standard InChI is InChI=1S/C32H34N2O10S2/c1-15-14-32(5,6)34-25-19(15)13-21-24(20-11-16(7-8-17(20)30(36)37)12-23(35)31(2,3)4)18-9-10-22(33)28(45(38,39)40)26(18)44-27(21)29(25)46(41,42)43/h7-11,13,15,33-34H,12,14H2,1-6H3,(H,36,37)(H,38,39,40)(H,41,42,43). The van der Waals surface area contributed by atoms with Crippen LogP contribution in [0.5, 0.6) is 0 Å². The van der Waals surface area contributed by atoms with Crippen molar-refractivity contribution < 1.29 is 45.1 Å². The summed E-state index contributed by atoms with van der Waals surface area (Å²) in [5.41, 5.74) is -1.28. The summed E-state index contributed by atoms with van der Waals surface area (Å²) in [6, 6.07) is 8.23. The Bertz CT molecular complexity index is 2230. The molecule has 5 N–H and O–H groups in total. The van der Waals surface area contributed by atoms with Gasteiger partial charge in [-0.25, -0.2) is 4.79 Å². The highest BCUT2D eigenvalue weighted by Gasteiger charge is 2.38. The first-order valence-corrected chi connectivity index (χ1v) is 17.2. The van der Waals surface area contributed by atoms with Crippen molar-refractivity contribution in [1.29, 1.82) is 5.41 Å². The van der Waals surface area contributed by atoms with Gasteiger partial charge < -0.3 is 14.8 Å². The third-order valence-electron chi connectivity index (χ3n) is 8.23.